The first-order valence-corrected chi connectivity index (χ1v) is 6.18. The summed E-state index contributed by atoms with van der Waals surface area (Å²) in [4.78, 5) is 4.19. The third-order valence-corrected chi connectivity index (χ3v) is 3.43. The Balaban J connectivity index is 2.05. The van der Waals surface area contributed by atoms with Crippen LogP contribution in [0, 0.1) is 5.92 Å². The van der Waals surface area contributed by atoms with Crippen molar-refractivity contribution in [3.8, 4) is 5.88 Å². The number of aromatic nitrogens is 1. The van der Waals surface area contributed by atoms with Crippen molar-refractivity contribution in [2.24, 2.45) is 5.92 Å². The second-order valence-corrected chi connectivity index (χ2v) is 4.51. The van der Waals surface area contributed by atoms with Crippen LogP contribution in [0.5, 0.6) is 5.88 Å². The van der Waals surface area contributed by atoms with Gasteiger partial charge in [-0.3, -0.25) is 0 Å². The maximum absolute atomic E-state index is 5.95. The van der Waals surface area contributed by atoms with Crippen LogP contribution in [0.4, 0.5) is 5.69 Å². The molecule has 2 unspecified atom stereocenters. The number of nitrogens with zero attached hydrogens (tertiary/aromatic N) is 1. The third kappa shape index (κ3) is 2.46. The van der Waals surface area contributed by atoms with Gasteiger partial charge in [-0.05, 0) is 43.7 Å². The van der Waals surface area contributed by atoms with E-state index in [2.05, 4.69) is 11.9 Å². The highest BCUT2D eigenvalue weighted by Crippen LogP contribution is 2.31. The molecule has 3 nitrogen and oxygen atoms in total. The van der Waals surface area contributed by atoms with Gasteiger partial charge in [-0.2, -0.15) is 0 Å². The molecule has 2 atom stereocenters. The molecule has 0 aromatic carbocycles. The molecular weight excluding hydrogens is 200 g/mol. The van der Waals surface area contributed by atoms with Crippen molar-refractivity contribution in [2.45, 2.75) is 45.1 Å². The molecule has 3 heteroatoms. The third-order valence-electron chi connectivity index (χ3n) is 3.43. The van der Waals surface area contributed by atoms with Crippen LogP contribution in [0.1, 0.15) is 39.0 Å². The second-order valence-electron chi connectivity index (χ2n) is 4.51. The van der Waals surface area contributed by atoms with Crippen molar-refractivity contribution in [2.75, 3.05) is 5.73 Å². The summed E-state index contributed by atoms with van der Waals surface area (Å²) in [6, 6.07) is 3.67. The highest BCUT2D eigenvalue weighted by atomic mass is 16.5. The fourth-order valence-electron chi connectivity index (χ4n) is 2.44. The van der Waals surface area contributed by atoms with Crippen molar-refractivity contribution in [3.63, 3.8) is 0 Å². The summed E-state index contributed by atoms with van der Waals surface area (Å²) in [5.41, 5.74) is 6.48. The van der Waals surface area contributed by atoms with Crippen molar-refractivity contribution in [1.82, 2.24) is 4.98 Å². The molecule has 0 spiro atoms. The van der Waals surface area contributed by atoms with E-state index in [9.17, 15) is 0 Å². The molecule has 1 fully saturated rings. The molecule has 1 aliphatic rings. The van der Waals surface area contributed by atoms with Gasteiger partial charge in [-0.1, -0.05) is 13.3 Å². The van der Waals surface area contributed by atoms with E-state index in [4.69, 9.17) is 10.5 Å². The number of ether oxygens (including phenoxy) is 1. The first-order chi connectivity index (χ1) is 7.81. The van der Waals surface area contributed by atoms with Crippen LogP contribution >= 0.6 is 0 Å². The van der Waals surface area contributed by atoms with E-state index in [0.29, 0.717) is 23.6 Å². The maximum Gasteiger partial charge on any atom is 0.237 e. The number of rotatable bonds is 3. The predicted molar refractivity (Wildman–Crippen MR) is 65.3 cm³/mol. The minimum absolute atomic E-state index is 0.302. The fraction of sp³-hybridized carbons (Fsp3) is 0.615. The molecule has 0 bridgehead atoms. The van der Waals surface area contributed by atoms with Crippen LogP contribution in [0.15, 0.2) is 18.3 Å². The van der Waals surface area contributed by atoms with Crippen LogP contribution < -0.4 is 10.5 Å². The maximum atomic E-state index is 5.95. The smallest absolute Gasteiger partial charge is 0.237 e. The average molecular weight is 220 g/mol. The standard InChI is InChI=1S/C13H20N2O/c1-2-10-6-3-4-8-12(10)16-13-11(14)7-5-9-15-13/h5,7,9-10,12H,2-4,6,8,14H2,1H3. The summed E-state index contributed by atoms with van der Waals surface area (Å²) in [6.45, 7) is 2.23. The molecule has 16 heavy (non-hydrogen) atoms. The molecule has 2 rings (SSSR count). The van der Waals surface area contributed by atoms with E-state index in [0.717, 1.165) is 6.42 Å². The van der Waals surface area contributed by atoms with Crippen molar-refractivity contribution >= 4 is 5.69 Å². The van der Waals surface area contributed by atoms with E-state index >= 15 is 0 Å². The molecule has 0 aliphatic heterocycles. The number of hydrogen-bond donors (Lipinski definition) is 1. The zero-order valence-corrected chi connectivity index (χ0v) is 9.86. The summed E-state index contributed by atoms with van der Waals surface area (Å²) < 4.78 is 5.95. The fourth-order valence-corrected chi connectivity index (χ4v) is 2.44. The molecule has 1 aromatic rings. The highest BCUT2D eigenvalue weighted by molar-refractivity contribution is 5.46. The first-order valence-electron chi connectivity index (χ1n) is 6.18. The zero-order valence-electron chi connectivity index (χ0n) is 9.86. The van der Waals surface area contributed by atoms with Gasteiger partial charge in [-0.25, -0.2) is 4.98 Å². The summed E-state index contributed by atoms with van der Waals surface area (Å²) >= 11 is 0. The van der Waals surface area contributed by atoms with Gasteiger partial charge < -0.3 is 10.5 Å². The van der Waals surface area contributed by atoms with Crippen molar-refractivity contribution in [1.29, 1.82) is 0 Å². The van der Waals surface area contributed by atoms with Crippen molar-refractivity contribution in [3.05, 3.63) is 18.3 Å². The zero-order chi connectivity index (χ0) is 11.4. The molecule has 0 radical (unpaired) electrons. The quantitative estimate of drug-likeness (QED) is 0.851. The SMILES string of the molecule is CCC1CCCCC1Oc1ncccc1N. The van der Waals surface area contributed by atoms with Crippen LogP contribution in [-0.4, -0.2) is 11.1 Å². The Bertz CT molecular complexity index is 340. The lowest BCUT2D eigenvalue weighted by Crippen LogP contribution is -2.30. The van der Waals surface area contributed by atoms with Crippen molar-refractivity contribution < 1.29 is 4.74 Å². The number of nitrogen functional groups attached to an aromatic ring is 1. The Hall–Kier alpha value is -1.25. The summed E-state index contributed by atoms with van der Waals surface area (Å²) in [6.07, 6.45) is 8.20. The van der Waals surface area contributed by atoms with Gasteiger partial charge in [0.2, 0.25) is 5.88 Å². The van der Waals surface area contributed by atoms with Gasteiger partial charge in [-0.15, -0.1) is 0 Å². The predicted octanol–water partition coefficient (Wildman–Crippen LogP) is 3.01. The van der Waals surface area contributed by atoms with E-state index < -0.39 is 0 Å². The van der Waals surface area contributed by atoms with E-state index in [1.807, 2.05) is 12.1 Å². The normalized spacial score (nSPS) is 25.3. The van der Waals surface area contributed by atoms with Crippen LogP contribution in [0.3, 0.4) is 0 Å². The second kappa shape index (κ2) is 5.19. The summed E-state index contributed by atoms with van der Waals surface area (Å²) in [7, 11) is 0. The van der Waals surface area contributed by atoms with Gasteiger partial charge in [0, 0.05) is 6.20 Å². The topological polar surface area (TPSA) is 48.1 Å². The number of pyridine rings is 1. The Morgan fingerprint density at radius 1 is 1.44 bits per heavy atom. The summed E-state index contributed by atoms with van der Waals surface area (Å²) in [5.74, 6) is 1.27. The lowest BCUT2D eigenvalue weighted by molar-refractivity contribution is 0.0866. The molecule has 0 amide bonds. The Morgan fingerprint density at radius 2 is 2.25 bits per heavy atom. The minimum Gasteiger partial charge on any atom is -0.473 e. The van der Waals surface area contributed by atoms with Crippen LogP contribution in [0.25, 0.3) is 0 Å². The van der Waals surface area contributed by atoms with Gasteiger partial charge in [0.1, 0.15) is 6.10 Å². The van der Waals surface area contributed by atoms with Gasteiger partial charge in [0.05, 0.1) is 5.69 Å². The molecule has 0 saturated heterocycles. The number of nitrogens with two attached hydrogens (primary N) is 1. The van der Waals surface area contributed by atoms with Gasteiger partial charge in [0.25, 0.3) is 0 Å². The van der Waals surface area contributed by atoms with E-state index in [-0.39, 0.29) is 0 Å². The molecule has 1 aliphatic carbocycles. The molecular formula is C13H20N2O. The average Bonchev–Trinajstić information content (AvgIpc) is 2.33. The van der Waals surface area contributed by atoms with Crippen LogP contribution in [-0.2, 0) is 0 Å². The molecule has 1 heterocycles. The first kappa shape index (κ1) is 11.2. The molecule has 2 N–H and O–H groups in total. The largest absolute Gasteiger partial charge is 0.473 e. The number of anilines is 1. The molecule has 88 valence electrons. The molecule has 1 aromatic heterocycles. The van der Waals surface area contributed by atoms with E-state index in [1.165, 1.54) is 25.7 Å². The summed E-state index contributed by atoms with van der Waals surface area (Å²) in [5, 5.41) is 0. The Kier molecular flexibility index (Phi) is 3.65. The van der Waals surface area contributed by atoms with E-state index in [1.54, 1.807) is 6.20 Å². The monoisotopic (exact) mass is 220 g/mol. The molecule has 1 saturated carbocycles. The minimum atomic E-state index is 0.302. The van der Waals surface area contributed by atoms with Gasteiger partial charge in [0.15, 0.2) is 0 Å². The van der Waals surface area contributed by atoms with Crippen LogP contribution in [0.2, 0.25) is 0 Å². The lowest BCUT2D eigenvalue weighted by Gasteiger charge is -2.31. The van der Waals surface area contributed by atoms with Gasteiger partial charge >= 0.3 is 0 Å². The highest BCUT2D eigenvalue weighted by Gasteiger charge is 2.25. The Labute approximate surface area is 97.0 Å². The Morgan fingerprint density at radius 3 is 3.00 bits per heavy atom. The lowest BCUT2D eigenvalue weighted by atomic mass is 9.85. The number of hydrogen-bond acceptors (Lipinski definition) is 3.